The van der Waals surface area contributed by atoms with Gasteiger partial charge in [-0.05, 0) is 47.5 Å². The molecule has 0 spiro atoms. The quantitative estimate of drug-likeness (QED) is 0.444. The molecule has 0 atom stereocenters. The number of benzene rings is 3. The van der Waals surface area contributed by atoms with E-state index in [0.29, 0.717) is 18.0 Å². The molecule has 3 nitrogen and oxygen atoms in total. The summed E-state index contributed by atoms with van der Waals surface area (Å²) >= 11 is 0. The van der Waals surface area contributed by atoms with Crippen LogP contribution in [0.3, 0.4) is 0 Å². The van der Waals surface area contributed by atoms with Gasteiger partial charge in [0.1, 0.15) is 12.4 Å². The highest BCUT2D eigenvalue weighted by molar-refractivity contribution is 5.80. The van der Waals surface area contributed by atoms with Crippen LogP contribution in [-0.4, -0.2) is 6.21 Å². The van der Waals surface area contributed by atoms with Crippen LogP contribution < -0.4 is 10.2 Å². The van der Waals surface area contributed by atoms with Crippen LogP contribution in [0.2, 0.25) is 0 Å². The standard InChI is InChI=1S/C21H17F3N2O/c22-21(23,24)18-9-11-19(12-10-18)26-25-14-17-7-4-8-20(13-17)27-15-16-5-2-1-3-6-16/h1-14,26H,15H2. The molecule has 6 heteroatoms. The molecule has 0 bridgehead atoms. The second-order valence-corrected chi connectivity index (χ2v) is 5.79. The van der Waals surface area contributed by atoms with E-state index in [1.165, 1.54) is 12.1 Å². The lowest BCUT2D eigenvalue weighted by molar-refractivity contribution is -0.137. The zero-order valence-corrected chi connectivity index (χ0v) is 14.3. The Morgan fingerprint density at radius 1 is 0.889 bits per heavy atom. The van der Waals surface area contributed by atoms with Gasteiger partial charge in [0.2, 0.25) is 0 Å². The van der Waals surface area contributed by atoms with Crippen molar-refractivity contribution in [3.05, 3.63) is 95.6 Å². The molecule has 3 aromatic carbocycles. The molecule has 0 unspecified atom stereocenters. The van der Waals surface area contributed by atoms with Gasteiger partial charge in [0.25, 0.3) is 0 Å². The second kappa shape index (κ2) is 8.40. The monoisotopic (exact) mass is 370 g/mol. The molecular weight excluding hydrogens is 353 g/mol. The Hall–Kier alpha value is -3.28. The largest absolute Gasteiger partial charge is 0.489 e. The Balaban J connectivity index is 1.57. The minimum atomic E-state index is -4.35. The fourth-order valence-electron chi connectivity index (χ4n) is 2.34. The van der Waals surface area contributed by atoms with Crippen LogP contribution in [0.15, 0.2) is 84.0 Å². The summed E-state index contributed by atoms with van der Waals surface area (Å²) in [4.78, 5) is 0. The molecule has 1 N–H and O–H groups in total. The summed E-state index contributed by atoms with van der Waals surface area (Å²) in [5, 5.41) is 4.05. The van der Waals surface area contributed by atoms with Crippen molar-refractivity contribution in [1.82, 2.24) is 0 Å². The van der Waals surface area contributed by atoms with E-state index < -0.39 is 11.7 Å². The highest BCUT2D eigenvalue weighted by Gasteiger charge is 2.29. The molecule has 0 heterocycles. The van der Waals surface area contributed by atoms with Crippen molar-refractivity contribution in [2.75, 3.05) is 5.43 Å². The highest BCUT2D eigenvalue weighted by Crippen LogP contribution is 2.29. The van der Waals surface area contributed by atoms with E-state index in [4.69, 9.17) is 4.74 Å². The molecular formula is C21H17F3N2O. The van der Waals surface area contributed by atoms with Crippen LogP contribution in [0.1, 0.15) is 16.7 Å². The maximum absolute atomic E-state index is 12.5. The molecule has 0 radical (unpaired) electrons. The van der Waals surface area contributed by atoms with E-state index in [1.54, 1.807) is 6.21 Å². The lowest BCUT2D eigenvalue weighted by atomic mass is 10.2. The summed E-state index contributed by atoms with van der Waals surface area (Å²) in [6, 6.07) is 21.9. The normalized spacial score (nSPS) is 11.5. The topological polar surface area (TPSA) is 33.6 Å². The molecule has 27 heavy (non-hydrogen) atoms. The van der Waals surface area contributed by atoms with Gasteiger partial charge in [0, 0.05) is 0 Å². The molecule has 0 amide bonds. The molecule has 0 aromatic heterocycles. The predicted octanol–water partition coefficient (Wildman–Crippen LogP) is 5.73. The third kappa shape index (κ3) is 5.60. The van der Waals surface area contributed by atoms with Crippen LogP contribution in [-0.2, 0) is 12.8 Å². The van der Waals surface area contributed by atoms with E-state index in [2.05, 4.69) is 10.5 Å². The van der Waals surface area contributed by atoms with Crippen molar-refractivity contribution < 1.29 is 17.9 Å². The Morgan fingerprint density at radius 3 is 2.33 bits per heavy atom. The van der Waals surface area contributed by atoms with E-state index >= 15 is 0 Å². The lowest BCUT2D eigenvalue weighted by Crippen LogP contribution is -2.04. The lowest BCUT2D eigenvalue weighted by Gasteiger charge is -2.07. The van der Waals surface area contributed by atoms with Gasteiger partial charge in [-0.3, -0.25) is 5.43 Å². The Morgan fingerprint density at radius 2 is 1.63 bits per heavy atom. The minimum Gasteiger partial charge on any atom is -0.489 e. The van der Waals surface area contributed by atoms with Crippen molar-refractivity contribution >= 4 is 11.9 Å². The fraction of sp³-hybridized carbons (Fsp3) is 0.0952. The maximum Gasteiger partial charge on any atom is 0.416 e. The van der Waals surface area contributed by atoms with Gasteiger partial charge in [-0.1, -0.05) is 42.5 Å². The first kappa shape index (κ1) is 18.5. The van der Waals surface area contributed by atoms with E-state index in [1.807, 2.05) is 54.6 Å². The number of halogens is 3. The van der Waals surface area contributed by atoms with Gasteiger partial charge in [-0.15, -0.1) is 0 Å². The molecule has 0 aliphatic rings. The molecule has 0 fully saturated rings. The van der Waals surface area contributed by atoms with Crippen molar-refractivity contribution in [2.45, 2.75) is 12.8 Å². The van der Waals surface area contributed by atoms with Crippen molar-refractivity contribution in [3.63, 3.8) is 0 Å². The number of hydrogen-bond donors (Lipinski definition) is 1. The first-order valence-electron chi connectivity index (χ1n) is 8.24. The maximum atomic E-state index is 12.5. The van der Waals surface area contributed by atoms with Crippen LogP contribution in [0, 0.1) is 0 Å². The van der Waals surface area contributed by atoms with E-state index in [0.717, 1.165) is 23.3 Å². The highest BCUT2D eigenvalue weighted by atomic mass is 19.4. The van der Waals surface area contributed by atoms with Crippen LogP contribution in [0.4, 0.5) is 18.9 Å². The average Bonchev–Trinajstić information content (AvgIpc) is 2.67. The molecule has 0 saturated heterocycles. The Labute approximate surface area is 155 Å². The van der Waals surface area contributed by atoms with Crippen LogP contribution in [0.5, 0.6) is 5.75 Å². The molecule has 0 saturated carbocycles. The number of hydrogen-bond acceptors (Lipinski definition) is 3. The fourth-order valence-corrected chi connectivity index (χ4v) is 2.34. The number of ether oxygens (including phenoxy) is 1. The molecule has 0 aliphatic heterocycles. The van der Waals surface area contributed by atoms with Crippen molar-refractivity contribution in [2.24, 2.45) is 5.10 Å². The Kier molecular flexibility index (Phi) is 5.76. The van der Waals surface area contributed by atoms with Gasteiger partial charge in [0.15, 0.2) is 0 Å². The minimum absolute atomic E-state index is 0.464. The smallest absolute Gasteiger partial charge is 0.416 e. The first-order chi connectivity index (χ1) is 13.0. The van der Waals surface area contributed by atoms with E-state index in [9.17, 15) is 13.2 Å². The van der Waals surface area contributed by atoms with Crippen molar-refractivity contribution in [1.29, 1.82) is 0 Å². The number of anilines is 1. The third-order valence-corrected chi connectivity index (χ3v) is 3.73. The first-order valence-corrected chi connectivity index (χ1v) is 8.24. The molecule has 3 rings (SSSR count). The summed E-state index contributed by atoms with van der Waals surface area (Å²) in [5.41, 5.74) is 4.36. The van der Waals surface area contributed by atoms with Gasteiger partial charge >= 0.3 is 6.18 Å². The zero-order chi connectivity index (χ0) is 19.1. The molecule has 3 aromatic rings. The summed E-state index contributed by atoms with van der Waals surface area (Å²) in [5.74, 6) is 0.706. The van der Waals surface area contributed by atoms with Gasteiger partial charge in [-0.25, -0.2) is 0 Å². The van der Waals surface area contributed by atoms with Crippen LogP contribution >= 0.6 is 0 Å². The molecule has 138 valence electrons. The number of rotatable bonds is 6. The summed E-state index contributed by atoms with van der Waals surface area (Å²) in [6.07, 6.45) is -2.77. The third-order valence-electron chi connectivity index (χ3n) is 3.73. The van der Waals surface area contributed by atoms with Gasteiger partial charge in [-0.2, -0.15) is 18.3 Å². The van der Waals surface area contributed by atoms with Crippen molar-refractivity contribution in [3.8, 4) is 5.75 Å². The SMILES string of the molecule is FC(F)(F)c1ccc(NN=Cc2cccc(OCc3ccccc3)c2)cc1. The summed E-state index contributed by atoms with van der Waals surface area (Å²) < 4.78 is 43.4. The zero-order valence-electron chi connectivity index (χ0n) is 14.3. The summed E-state index contributed by atoms with van der Waals surface area (Å²) in [6.45, 7) is 0.464. The molecule has 0 aliphatic carbocycles. The average molecular weight is 370 g/mol. The second-order valence-electron chi connectivity index (χ2n) is 5.79. The Bertz CT molecular complexity index is 891. The number of alkyl halides is 3. The number of nitrogens with one attached hydrogen (secondary N) is 1. The van der Waals surface area contributed by atoms with E-state index in [-0.39, 0.29) is 0 Å². The number of hydrazone groups is 1. The van der Waals surface area contributed by atoms with Crippen LogP contribution in [0.25, 0.3) is 0 Å². The number of nitrogens with zero attached hydrogens (tertiary/aromatic N) is 1. The van der Waals surface area contributed by atoms with Gasteiger partial charge in [0.05, 0.1) is 17.5 Å². The van der Waals surface area contributed by atoms with Gasteiger partial charge < -0.3 is 4.74 Å². The summed E-state index contributed by atoms with van der Waals surface area (Å²) in [7, 11) is 0. The predicted molar refractivity (Wildman–Crippen MR) is 99.9 cm³/mol.